The summed E-state index contributed by atoms with van der Waals surface area (Å²) in [5.41, 5.74) is 3.36. The quantitative estimate of drug-likeness (QED) is 0.345. The lowest BCUT2D eigenvalue weighted by Gasteiger charge is -2.20. The van der Waals surface area contributed by atoms with Gasteiger partial charge in [0.15, 0.2) is 0 Å². The normalized spacial score (nSPS) is 14.7. The van der Waals surface area contributed by atoms with Gasteiger partial charge >= 0.3 is 0 Å². The maximum absolute atomic E-state index is 13.4. The largest absolute Gasteiger partial charge is 0.497 e. The summed E-state index contributed by atoms with van der Waals surface area (Å²) >= 11 is 0. The second kappa shape index (κ2) is 10.8. The van der Waals surface area contributed by atoms with Crippen molar-refractivity contribution in [1.29, 1.82) is 0 Å². The maximum Gasteiger partial charge on any atom is 0.262 e. The fourth-order valence-corrected chi connectivity index (χ4v) is 4.21. The van der Waals surface area contributed by atoms with Gasteiger partial charge in [-0.2, -0.15) is 5.10 Å². The summed E-state index contributed by atoms with van der Waals surface area (Å²) in [5, 5.41) is 12.1. The van der Waals surface area contributed by atoms with E-state index in [4.69, 9.17) is 9.15 Å². The molecule has 3 aromatic carbocycles. The lowest BCUT2D eigenvalue weighted by molar-refractivity contribution is -0.131. The molecule has 1 aliphatic rings. The predicted molar refractivity (Wildman–Crippen MR) is 142 cm³/mol. The summed E-state index contributed by atoms with van der Waals surface area (Å²) in [5.74, 6) is 0.889. The van der Waals surface area contributed by atoms with E-state index in [0.29, 0.717) is 29.1 Å². The number of rotatable bonds is 8. The number of furan rings is 1. The van der Waals surface area contributed by atoms with Crippen LogP contribution in [0.3, 0.4) is 0 Å². The summed E-state index contributed by atoms with van der Waals surface area (Å²) in [6, 6.07) is 27.1. The van der Waals surface area contributed by atoms with Gasteiger partial charge in [0.25, 0.3) is 11.8 Å². The molecule has 37 heavy (non-hydrogen) atoms. The van der Waals surface area contributed by atoms with E-state index in [2.05, 4.69) is 15.7 Å². The Morgan fingerprint density at radius 3 is 2.46 bits per heavy atom. The summed E-state index contributed by atoms with van der Waals surface area (Å²) in [7, 11) is 1.62. The number of hydrazone groups is 1. The highest BCUT2D eigenvalue weighted by Gasteiger charge is 2.34. The van der Waals surface area contributed by atoms with Crippen molar-refractivity contribution in [2.24, 2.45) is 5.10 Å². The first-order valence-electron chi connectivity index (χ1n) is 11.9. The van der Waals surface area contributed by atoms with E-state index in [9.17, 15) is 9.59 Å². The highest BCUT2D eigenvalue weighted by Crippen LogP contribution is 2.33. The molecular weight excluding hydrogens is 468 g/mol. The van der Waals surface area contributed by atoms with E-state index >= 15 is 0 Å². The summed E-state index contributed by atoms with van der Waals surface area (Å²) in [6.45, 7) is -0.0494. The number of nitrogens with zero attached hydrogens (tertiary/aromatic N) is 2. The third-order valence-corrected chi connectivity index (χ3v) is 6.09. The number of carbonyl (C=O) groups excluding carboxylic acids is 2. The Hall–Kier alpha value is -4.85. The first-order valence-corrected chi connectivity index (χ1v) is 11.9. The molecule has 5 rings (SSSR count). The van der Waals surface area contributed by atoms with E-state index in [-0.39, 0.29) is 24.4 Å². The molecule has 0 saturated carbocycles. The van der Waals surface area contributed by atoms with E-state index < -0.39 is 0 Å². The molecule has 186 valence electrons. The van der Waals surface area contributed by atoms with Crippen molar-refractivity contribution in [3.05, 3.63) is 114 Å². The van der Waals surface area contributed by atoms with Gasteiger partial charge in [-0.25, -0.2) is 5.01 Å². The molecule has 8 heteroatoms. The molecule has 4 aromatic rings. The van der Waals surface area contributed by atoms with Crippen LogP contribution >= 0.6 is 0 Å². The van der Waals surface area contributed by atoms with Crippen LogP contribution in [0, 0.1) is 0 Å². The highest BCUT2D eigenvalue weighted by atomic mass is 16.5. The van der Waals surface area contributed by atoms with Crippen LogP contribution in [0.2, 0.25) is 0 Å². The molecule has 0 bridgehead atoms. The molecule has 2 N–H and O–H groups in total. The number of hydrogen-bond acceptors (Lipinski definition) is 6. The average molecular weight is 495 g/mol. The Bertz CT molecular complexity index is 1400. The van der Waals surface area contributed by atoms with Crippen molar-refractivity contribution in [1.82, 2.24) is 5.01 Å². The molecule has 0 spiro atoms. The van der Waals surface area contributed by atoms with Crippen LogP contribution in [0.1, 0.15) is 34.1 Å². The smallest absolute Gasteiger partial charge is 0.262 e. The van der Waals surface area contributed by atoms with Crippen LogP contribution in [-0.4, -0.2) is 36.2 Å². The number of hydrogen-bond donors (Lipinski definition) is 2. The number of para-hydroxylation sites is 2. The third-order valence-electron chi connectivity index (χ3n) is 6.09. The average Bonchev–Trinajstić information content (AvgIpc) is 3.63. The molecule has 0 fully saturated rings. The summed E-state index contributed by atoms with van der Waals surface area (Å²) in [4.78, 5) is 26.3. The van der Waals surface area contributed by atoms with Crippen molar-refractivity contribution in [3.63, 3.8) is 0 Å². The van der Waals surface area contributed by atoms with E-state index in [0.717, 1.165) is 17.0 Å². The standard InChI is InChI=1S/C29H26N4O4/c1-36-22-15-13-20(14-16-22)25-18-26(27-12-7-17-37-27)33(32-25)28(34)19-30-24-11-6-5-10-23(24)29(35)31-21-8-3-2-4-9-21/h2-17,26,30H,18-19H2,1H3,(H,31,35). The fraction of sp³-hybridized carbons (Fsp3) is 0.138. The lowest BCUT2D eigenvalue weighted by atomic mass is 10.0. The van der Waals surface area contributed by atoms with E-state index in [1.807, 2.05) is 66.7 Å². The molecular formula is C29H26N4O4. The molecule has 0 saturated heterocycles. The van der Waals surface area contributed by atoms with Crippen LogP contribution in [0.4, 0.5) is 11.4 Å². The van der Waals surface area contributed by atoms with Crippen molar-refractivity contribution in [3.8, 4) is 5.75 Å². The Balaban J connectivity index is 1.33. The van der Waals surface area contributed by atoms with E-state index in [1.54, 1.807) is 37.6 Å². The number of ether oxygens (including phenoxy) is 1. The molecule has 0 radical (unpaired) electrons. The van der Waals surface area contributed by atoms with Gasteiger partial charge in [-0.3, -0.25) is 9.59 Å². The zero-order valence-corrected chi connectivity index (χ0v) is 20.3. The van der Waals surface area contributed by atoms with Gasteiger partial charge in [0.1, 0.15) is 17.6 Å². The van der Waals surface area contributed by atoms with Crippen LogP contribution in [0.15, 0.2) is 107 Å². The predicted octanol–water partition coefficient (Wildman–Crippen LogP) is 5.33. The number of benzene rings is 3. The molecule has 0 aliphatic carbocycles. The molecule has 1 aromatic heterocycles. The van der Waals surface area contributed by atoms with Crippen LogP contribution in [-0.2, 0) is 4.79 Å². The second-order valence-corrected chi connectivity index (χ2v) is 8.47. The number of methoxy groups -OCH3 is 1. The SMILES string of the molecule is COc1ccc(C2=NN(C(=O)CNc3ccccc3C(=O)Nc3ccccc3)C(c3ccco3)C2)cc1. The van der Waals surface area contributed by atoms with Crippen molar-refractivity contribution in [2.75, 3.05) is 24.3 Å². The zero-order valence-electron chi connectivity index (χ0n) is 20.3. The van der Waals surface area contributed by atoms with Gasteiger partial charge in [0.2, 0.25) is 0 Å². The first kappa shape index (κ1) is 23.9. The van der Waals surface area contributed by atoms with Gasteiger partial charge in [-0.05, 0) is 66.2 Å². The molecule has 1 unspecified atom stereocenters. The Morgan fingerprint density at radius 1 is 0.973 bits per heavy atom. The third kappa shape index (κ3) is 5.38. The van der Waals surface area contributed by atoms with Crippen LogP contribution in [0.25, 0.3) is 0 Å². The maximum atomic E-state index is 13.4. The molecule has 2 heterocycles. The molecule has 1 atom stereocenters. The zero-order chi connectivity index (χ0) is 25.6. The number of amides is 2. The van der Waals surface area contributed by atoms with Crippen molar-refractivity contribution in [2.45, 2.75) is 12.5 Å². The monoisotopic (exact) mass is 494 g/mol. The Kier molecular flexibility index (Phi) is 6.98. The Labute approximate surface area is 214 Å². The topological polar surface area (TPSA) is 96.2 Å². The van der Waals surface area contributed by atoms with Crippen molar-refractivity contribution >= 4 is 28.9 Å². The van der Waals surface area contributed by atoms with Crippen LogP contribution in [0.5, 0.6) is 5.75 Å². The molecule has 1 aliphatic heterocycles. The van der Waals surface area contributed by atoms with Gasteiger partial charge < -0.3 is 19.8 Å². The number of nitrogens with one attached hydrogen (secondary N) is 2. The lowest BCUT2D eigenvalue weighted by Crippen LogP contribution is -2.32. The second-order valence-electron chi connectivity index (χ2n) is 8.47. The van der Waals surface area contributed by atoms with Gasteiger partial charge in [-0.15, -0.1) is 0 Å². The minimum Gasteiger partial charge on any atom is -0.497 e. The van der Waals surface area contributed by atoms with Gasteiger partial charge in [0.05, 0.1) is 31.2 Å². The minimum atomic E-state index is -0.363. The van der Waals surface area contributed by atoms with Crippen molar-refractivity contribution < 1.29 is 18.7 Å². The van der Waals surface area contributed by atoms with Crippen LogP contribution < -0.4 is 15.4 Å². The number of carbonyl (C=O) groups is 2. The first-order chi connectivity index (χ1) is 18.1. The van der Waals surface area contributed by atoms with Gasteiger partial charge in [0, 0.05) is 17.8 Å². The highest BCUT2D eigenvalue weighted by molar-refractivity contribution is 6.08. The fourth-order valence-electron chi connectivity index (χ4n) is 4.21. The van der Waals surface area contributed by atoms with E-state index in [1.165, 1.54) is 5.01 Å². The minimum absolute atomic E-state index is 0.0494. The summed E-state index contributed by atoms with van der Waals surface area (Å²) in [6.07, 6.45) is 2.10. The number of anilines is 2. The molecule has 8 nitrogen and oxygen atoms in total. The van der Waals surface area contributed by atoms with Gasteiger partial charge in [-0.1, -0.05) is 30.3 Å². The summed E-state index contributed by atoms with van der Waals surface area (Å²) < 4.78 is 10.9. The molecule has 2 amide bonds. The Morgan fingerprint density at radius 2 is 1.73 bits per heavy atom.